The number of hydrogen-bond donors (Lipinski definition) is 0. The molecule has 0 nitrogen and oxygen atoms in total. The van der Waals surface area contributed by atoms with Crippen molar-refractivity contribution in [1.29, 1.82) is 0 Å². The molecule has 0 aliphatic rings. The van der Waals surface area contributed by atoms with Crippen LogP contribution in [0, 0.1) is 52.6 Å². The fourth-order valence-corrected chi connectivity index (χ4v) is 4.29. The monoisotopic (exact) mass is 528 g/mol. The van der Waals surface area contributed by atoms with Gasteiger partial charge in [0.25, 0.3) is 0 Å². The van der Waals surface area contributed by atoms with Crippen LogP contribution < -0.4 is 0 Å². The molecule has 4 rings (SSSR count). The summed E-state index contributed by atoms with van der Waals surface area (Å²) in [5.41, 5.74) is 0.313. The first kappa shape index (κ1) is 27.3. The number of rotatable bonds is 7. The van der Waals surface area contributed by atoms with E-state index in [0.29, 0.717) is 12.0 Å². The molecule has 0 fully saturated rings. The highest BCUT2D eigenvalue weighted by Gasteiger charge is 2.15. The maximum atomic E-state index is 14.7. The van der Waals surface area contributed by atoms with Crippen LogP contribution in [0.4, 0.5) is 30.7 Å². The molecule has 7 heteroatoms. The van der Waals surface area contributed by atoms with E-state index in [1.807, 2.05) is 6.92 Å². The summed E-state index contributed by atoms with van der Waals surface area (Å²) in [5, 5.41) is -0.117. The fraction of sp³-hybridized carbons (Fsp3) is 0.226. The molecule has 0 spiro atoms. The van der Waals surface area contributed by atoms with Gasteiger partial charge < -0.3 is 0 Å². The lowest BCUT2D eigenvalue weighted by Crippen LogP contribution is -2.03. The predicted octanol–water partition coefficient (Wildman–Crippen LogP) is 8.73. The molecule has 0 amide bonds. The average Bonchev–Trinajstić information content (AvgIpc) is 2.86. The van der Waals surface area contributed by atoms with Crippen molar-refractivity contribution in [2.75, 3.05) is 0 Å². The molecule has 0 bridgehead atoms. The van der Waals surface area contributed by atoms with E-state index in [2.05, 4.69) is 11.8 Å². The molecule has 4 aromatic carbocycles. The molecule has 0 aliphatic heterocycles. The molecular weight excluding hydrogens is 505 g/mol. The van der Waals surface area contributed by atoms with E-state index >= 15 is 0 Å². The smallest absolute Gasteiger partial charge is 0.195 e. The van der Waals surface area contributed by atoms with Crippen molar-refractivity contribution in [1.82, 2.24) is 0 Å². The van der Waals surface area contributed by atoms with Crippen LogP contribution in [0.5, 0.6) is 0 Å². The first-order valence-electron chi connectivity index (χ1n) is 12.2. The van der Waals surface area contributed by atoms with Crippen LogP contribution in [-0.2, 0) is 19.3 Å². The van der Waals surface area contributed by atoms with Gasteiger partial charge in [-0.15, -0.1) is 0 Å². The van der Waals surface area contributed by atoms with Gasteiger partial charge in [0, 0.05) is 16.5 Å². The lowest BCUT2D eigenvalue weighted by molar-refractivity contribution is 0.453. The molecule has 0 saturated carbocycles. The minimum absolute atomic E-state index is 0.00291. The van der Waals surface area contributed by atoms with Gasteiger partial charge in [0.1, 0.15) is 23.3 Å². The predicted molar refractivity (Wildman–Crippen MR) is 133 cm³/mol. The van der Waals surface area contributed by atoms with Crippen molar-refractivity contribution in [3.8, 4) is 11.8 Å². The third-order valence-electron chi connectivity index (χ3n) is 6.34. The van der Waals surface area contributed by atoms with Crippen LogP contribution >= 0.6 is 0 Å². The summed E-state index contributed by atoms with van der Waals surface area (Å²) in [6.07, 6.45) is 3.29. The van der Waals surface area contributed by atoms with E-state index in [-0.39, 0.29) is 40.3 Å². The second-order valence-electron chi connectivity index (χ2n) is 9.10. The molecule has 4 aromatic rings. The normalized spacial score (nSPS) is 11.1. The van der Waals surface area contributed by atoms with E-state index < -0.39 is 46.3 Å². The van der Waals surface area contributed by atoms with Gasteiger partial charge in [-0.1, -0.05) is 37.7 Å². The van der Waals surface area contributed by atoms with Gasteiger partial charge in [0.15, 0.2) is 17.5 Å². The van der Waals surface area contributed by atoms with E-state index in [0.717, 1.165) is 37.5 Å². The van der Waals surface area contributed by atoms with Gasteiger partial charge in [-0.25, -0.2) is 30.7 Å². The van der Waals surface area contributed by atoms with Gasteiger partial charge in [-0.2, -0.15) is 0 Å². The Morgan fingerprint density at radius 1 is 0.579 bits per heavy atom. The highest BCUT2D eigenvalue weighted by atomic mass is 19.2. The number of halogens is 7. The Morgan fingerprint density at radius 2 is 1.21 bits per heavy atom. The second kappa shape index (κ2) is 11.7. The minimum atomic E-state index is -1.59. The summed E-state index contributed by atoms with van der Waals surface area (Å²) < 4.78 is 99.2. The van der Waals surface area contributed by atoms with Crippen LogP contribution in [-0.4, -0.2) is 0 Å². The van der Waals surface area contributed by atoms with E-state index in [4.69, 9.17) is 0 Å². The first-order valence-corrected chi connectivity index (χ1v) is 12.2. The summed E-state index contributed by atoms with van der Waals surface area (Å²) in [4.78, 5) is 0. The number of aryl methyl sites for hydroxylation is 2. The summed E-state index contributed by atoms with van der Waals surface area (Å²) in [6, 6.07) is 9.31. The summed E-state index contributed by atoms with van der Waals surface area (Å²) >= 11 is 0. The van der Waals surface area contributed by atoms with Crippen molar-refractivity contribution >= 4 is 10.8 Å². The van der Waals surface area contributed by atoms with Gasteiger partial charge >= 0.3 is 0 Å². The van der Waals surface area contributed by atoms with E-state index in [1.165, 1.54) is 30.3 Å². The topological polar surface area (TPSA) is 0 Å². The standard InChI is InChI=1S/C31H23F7/c1-2-3-4-5-19-13-25(32)24(26(33)14-19)11-8-20-15-27(34)23(28(35)16-20)10-7-18-6-9-22-21(12-18)17-29(36)31(38)30(22)37/h6,9,12-17H,2-5,8,11H2,1H3. The molecule has 0 atom stereocenters. The highest BCUT2D eigenvalue weighted by molar-refractivity contribution is 5.84. The van der Waals surface area contributed by atoms with Crippen LogP contribution in [0.3, 0.4) is 0 Å². The van der Waals surface area contributed by atoms with Crippen LogP contribution in [0.15, 0.2) is 48.5 Å². The third-order valence-corrected chi connectivity index (χ3v) is 6.34. The maximum absolute atomic E-state index is 14.7. The summed E-state index contributed by atoms with van der Waals surface area (Å²) in [6.45, 7) is 2.04. The highest BCUT2D eigenvalue weighted by Crippen LogP contribution is 2.25. The lowest BCUT2D eigenvalue weighted by atomic mass is 9.99. The number of benzene rings is 4. The van der Waals surface area contributed by atoms with Crippen molar-refractivity contribution in [2.45, 2.75) is 45.4 Å². The van der Waals surface area contributed by atoms with Gasteiger partial charge in [0.05, 0.1) is 5.56 Å². The summed E-state index contributed by atoms with van der Waals surface area (Å²) in [7, 11) is 0. The molecule has 0 heterocycles. The van der Waals surface area contributed by atoms with Gasteiger partial charge in [-0.3, -0.25) is 0 Å². The Morgan fingerprint density at radius 3 is 1.87 bits per heavy atom. The SMILES string of the molecule is CCCCCc1cc(F)c(CCc2cc(F)c(C#Cc3ccc4c(F)c(F)c(F)cc4c3)c(F)c2)c(F)c1. The molecule has 0 saturated heterocycles. The molecule has 38 heavy (non-hydrogen) atoms. The van der Waals surface area contributed by atoms with Crippen molar-refractivity contribution in [3.63, 3.8) is 0 Å². The Kier molecular flexibility index (Phi) is 8.41. The Bertz CT molecular complexity index is 1510. The number of hydrogen-bond acceptors (Lipinski definition) is 0. The Labute approximate surface area is 216 Å². The molecule has 0 aliphatic carbocycles. The van der Waals surface area contributed by atoms with Crippen molar-refractivity contribution in [3.05, 3.63) is 117 Å². The van der Waals surface area contributed by atoms with Crippen LogP contribution in [0.25, 0.3) is 10.8 Å². The molecular formula is C31H23F7. The molecule has 0 N–H and O–H groups in total. The third kappa shape index (κ3) is 6.02. The fourth-order valence-electron chi connectivity index (χ4n) is 4.29. The quantitative estimate of drug-likeness (QED) is 0.0974. The zero-order chi connectivity index (χ0) is 27.4. The molecule has 196 valence electrons. The van der Waals surface area contributed by atoms with Gasteiger partial charge in [0.2, 0.25) is 0 Å². The van der Waals surface area contributed by atoms with Crippen molar-refractivity contribution < 1.29 is 30.7 Å². The van der Waals surface area contributed by atoms with Gasteiger partial charge in [-0.05, 0) is 84.7 Å². The second-order valence-corrected chi connectivity index (χ2v) is 9.10. The van der Waals surface area contributed by atoms with Crippen molar-refractivity contribution in [2.24, 2.45) is 0 Å². The summed E-state index contributed by atoms with van der Waals surface area (Å²) in [5.74, 6) is -2.67. The number of fused-ring (bicyclic) bond motifs is 1. The van der Waals surface area contributed by atoms with Crippen LogP contribution in [0.2, 0.25) is 0 Å². The van der Waals surface area contributed by atoms with E-state index in [1.54, 1.807) is 0 Å². The molecule has 0 radical (unpaired) electrons. The Hall–Kier alpha value is -3.79. The van der Waals surface area contributed by atoms with E-state index in [9.17, 15) is 30.7 Å². The first-order chi connectivity index (χ1) is 18.2. The average molecular weight is 529 g/mol. The molecule has 0 aromatic heterocycles. The minimum Gasteiger partial charge on any atom is -0.207 e. The van der Waals surface area contributed by atoms with Crippen LogP contribution in [0.1, 0.15) is 54.0 Å². The zero-order valence-electron chi connectivity index (χ0n) is 20.5. The number of unbranched alkanes of at least 4 members (excludes halogenated alkanes) is 2. The Balaban J connectivity index is 1.51. The maximum Gasteiger partial charge on any atom is 0.195 e. The lowest BCUT2D eigenvalue weighted by Gasteiger charge is -2.09. The zero-order valence-corrected chi connectivity index (χ0v) is 20.5. The largest absolute Gasteiger partial charge is 0.207 e. The molecule has 0 unspecified atom stereocenters.